The predicted octanol–water partition coefficient (Wildman–Crippen LogP) is 3.37. The molecular weight excluding hydrogens is 226 g/mol. The zero-order chi connectivity index (χ0) is 13.4. The Hall–Kier alpha value is -1.22. The molecule has 3 nitrogen and oxygen atoms in total. The summed E-state index contributed by atoms with van der Waals surface area (Å²) in [5.74, 6) is 1.64. The summed E-state index contributed by atoms with van der Waals surface area (Å²) in [5.41, 5.74) is 1.22. The Kier molecular flexibility index (Phi) is 6.58. The molecule has 0 amide bonds. The zero-order valence-corrected chi connectivity index (χ0v) is 12.0. The first-order chi connectivity index (χ1) is 8.71. The van der Waals surface area contributed by atoms with Crippen molar-refractivity contribution in [2.24, 2.45) is 0 Å². The maximum atomic E-state index is 5.63. The minimum absolute atomic E-state index is 0.534. The molecule has 0 spiro atoms. The summed E-state index contributed by atoms with van der Waals surface area (Å²) >= 11 is 0. The molecule has 0 fully saturated rings. The Morgan fingerprint density at radius 1 is 1.22 bits per heavy atom. The number of rotatable bonds is 8. The van der Waals surface area contributed by atoms with E-state index in [-0.39, 0.29) is 0 Å². The third kappa shape index (κ3) is 4.57. The molecule has 18 heavy (non-hydrogen) atoms. The lowest BCUT2D eigenvalue weighted by Crippen LogP contribution is -2.24. The molecule has 0 aliphatic heterocycles. The normalized spacial score (nSPS) is 12.2. The molecule has 0 bridgehead atoms. The van der Waals surface area contributed by atoms with Crippen molar-refractivity contribution in [1.82, 2.24) is 5.32 Å². The number of hydrogen-bond acceptors (Lipinski definition) is 3. The van der Waals surface area contributed by atoms with Gasteiger partial charge in [-0.1, -0.05) is 19.9 Å². The minimum atomic E-state index is 0.534. The molecule has 1 aromatic carbocycles. The molecule has 0 aromatic heterocycles. The number of methoxy groups -OCH3 is 1. The van der Waals surface area contributed by atoms with Crippen LogP contribution in [0.1, 0.15) is 39.2 Å². The molecule has 0 aliphatic carbocycles. The standard InChI is InChI=1S/C15H25NO2/c1-5-9-18-14-8-7-13(10-15(14)17-4)11-16-12(3)6-2/h7-8,10,12,16H,5-6,9,11H2,1-4H3/t12-/m1/s1. The van der Waals surface area contributed by atoms with E-state index in [1.807, 2.05) is 12.1 Å². The van der Waals surface area contributed by atoms with E-state index < -0.39 is 0 Å². The maximum Gasteiger partial charge on any atom is 0.161 e. The van der Waals surface area contributed by atoms with Gasteiger partial charge in [-0.05, 0) is 37.5 Å². The third-order valence-corrected chi connectivity index (χ3v) is 2.96. The van der Waals surface area contributed by atoms with E-state index in [4.69, 9.17) is 9.47 Å². The molecule has 0 unspecified atom stereocenters. The molecule has 102 valence electrons. The molecule has 1 rings (SSSR count). The Labute approximate surface area is 110 Å². The molecule has 1 N–H and O–H groups in total. The smallest absolute Gasteiger partial charge is 0.161 e. The first-order valence-electron chi connectivity index (χ1n) is 6.74. The second-order valence-corrected chi connectivity index (χ2v) is 4.52. The van der Waals surface area contributed by atoms with Crippen LogP contribution in [0.4, 0.5) is 0 Å². The van der Waals surface area contributed by atoms with Gasteiger partial charge in [-0.15, -0.1) is 0 Å². The van der Waals surface area contributed by atoms with E-state index in [2.05, 4.69) is 32.2 Å². The minimum Gasteiger partial charge on any atom is -0.493 e. The van der Waals surface area contributed by atoms with Crippen molar-refractivity contribution in [3.05, 3.63) is 23.8 Å². The van der Waals surface area contributed by atoms with Crippen LogP contribution in [0.15, 0.2) is 18.2 Å². The summed E-state index contributed by atoms with van der Waals surface area (Å²) in [4.78, 5) is 0. The van der Waals surface area contributed by atoms with Crippen LogP contribution in [0.3, 0.4) is 0 Å². The van der Waals surface area contributed by atoms with Crippen LogP contribution in [0, 0.1) is 0 Å². The van der Waals surface area contributed by atoms with Gasteiger partial charge in [0.05, 0.1) is 13.7 Å². The van der Waals surface area contributed by atoms with Crippen LogP contribution in [0.25, 0.3) is 0 Å². The van der Waals surface area contributed by atoms with Gasteiger partial charge in [0.1, 0.15) is 0 Å². The van der Waals surface area contributed by atoms with E-state index in [1.54, 1.807) is 7.11 Å². The summed E-state index contributed by atoms with van der Waals surface area (Å²) in [6.45, 7) is 8.05. The lowest BCUT2D eigenvalue weighted by Gasteiger charge is -2.14. The number of ether oxygens (including phenoxy) is 2. The predicted molar refractivity (Wildman–Crippen MR) is 75.4 cm³/mol. The summed E-state index contributed by atoms with van der Waals surface area (Å²) in [5, 5.41) is 3.47. The van der Waals surface area contributed by atoms with E-state index >= 15 is 0 Å². The Balaban J connectivity index is 2.66. The lowest BCUT2D eigenvalue weighted by molar-refractivity contribution is 0.294. The molecule has 0 radical (unpaired) electrons. The van der Waals surface area contributed by atoms with Gasteiger partial charge in [0.15, 0.2) is 11.5 Å². The van der Waals surface area contributed by atoms with Crippen LogP contribution < -0.4 is 14.8 Å². The molecule has 0 heterocycles. The van der Waals surface area contributed by atoms with Crippen molar-refractivity contribution in [2.45, 2.75) is 46.2 Å². The van der Waals surface area contributed by atoms with Crippen molar-refractivity contribution < 1.29 is 9.47 Å². The quantitative estimate of drug-likeness (QED) is 0.768. The van der Waals surface area contributed by atoms with Crippen LogP contribution in [-0.4, -0.2) is 19.8 Å². The van der Waals surface area contributed by atoms with Gasteiger partial charge >= 0.3 is 0 Å². The Morgan fingerprint density at radius 2 is 2.00 bits per heavy atom. The largest absolute Gasteiger partial charge is 0.493 e. The van der Waals surface area contributed by atoms with E-state index in [1.165, 1.54) is 5.56 Å². The van der Waals surface area contributed by atoms with Gasteiger partial charge in [-0.2, -0.15) is 0 Å². The van der Waals surface area contributed by atoms with E-state index in [0.717, 1.165) is 37.5 Å². The first kappa shape index (κ1) is 14.8. The number of hydrogen-bond donors (Lipinski definition) is 1. The summed E-state index contributed by atoms with van der Waals surface area (Å²) in [6.07, 6.45) is 2.13. The van der Waals surface area contributed by atoms with E-state index in [9.17, 15) is 0 Å². The fourth-order valence-corrected chi connectivity index (χ4v) is 1.59. The van der Waals surface area contributed by atoms with Crippen molar-refractivity contribution in [2.75, 3.05) is 13.7 Å². The summed E-state index contributed by atoms with van der Waals surface area (Å²) < 4.78 is 11.0. The highest BCUT2D eigenvalue weighted by Gasteiger charge is 2.06. The SMILES string of the molecule is CCCOc1ccc(CN[C@H](C)CC)cc1OC. The maximum absolute atomic E-state index is 5.63. The van der Waals surface area contributed by atoms with Gasteiger partial charge in [0.25, 0.3) is 0 Å². The Bertz CT molecular complexity index is 352. The molecule has 0 aliphatic rings. The van der Waals surface area contributed by atoms with Crippen molar-refractivity contribution in [1.29, 1.82) is 0 Å². The fraction of sp³-hybridized carbons (Fsp3) is 0.600. The summed E-state index contributed by atoms with van der Waals surface area (Å²) in [7, 11) is 1.68. The van der Waals surface area contributed by atoms with Crippen molar-refractivity contribution in [3.8, 4) is 11.5 Å². The first-order valence-corrected chi connectivity index (χ1v) is 6.74. The molecule has 1 atom stereocenters. The highest BCUT2D eigenvalue weighted by molar-refractivity contribution is 5.42. The molecule has 1 aromatic rings. The fourth-order valence-electron chi connectivity index (χ4n) is 1.59. The molecule has 0 saturated heterocycles. The van der Waals surface area contributed by atoms with Gasteiger partial charge in [-0.3, -0.25) is 0 Å². The average molecular weight is 251 g/mol. The monoisotopic (exact) mass is 251 g/mol. The summed E-state index contributed by atoms with van der Waals surface area (Å²) in [6, 6.07) is 6.65. The van der Waals surface area contributed by atoms with Gasteiger partial charge in [0, 0.05) is 12.6 Å². The Morgan fingerprint density at radius 3 is 2.61 bits per heavy atom. The lowest BCUT2D eigenvalue weighted by atomic mass is 10.1. The molecule has 3 heteroatoms. The zero-order valence-electron chi connectivity index (χ0n) is 12.0. The molecular formula is C15H25NO2. The van der Waals surface area contributed by atoms with E-state index in [0.29, 0.717) is 6.04 Å². The van der Waals surface area contributed by atoms with Crippen LogP contribution >= 0.6 is 0 Å². The highest BCUT2D eigenvalue weighted by Crippen LogP contribution is 2.28. The van der Waals surface area contributed by atoms with Gasteiger partial charge in [-0.25, -0.2) is 0 Å². The van der Waals surface area contributed by atoms with Crippen molar-refractivity contribution in [3.63, 3.8) is 0 Å². The number of nitrogens with one attached hydrogen (secondary N) is 1. The third-order valence-electron chi connectivity index (χ3n) is 2.96. The second kappa shape index (κ2) is 7.98. The van der Waals surface area contributed by atoms with Gasteiger partial charge in [0.2, 0.25) is 0 Å². The topological polar surface area (TPSA) is 30.5 Å². The highest BCUT2D eigenvalue weighted by atomic mass is 16.5. The van der Waals surface area contributed by atoms with Crippen LogP contribution in [-0.2, 0) is 6.54 Å². The van der Waals surface area contributed by atoms with Gasteiger partial charge < -0.3 is 14.8 Å². The van der Waals surface area contributed by atoms with Crippen LogP contribution in [0.5, 0.6) is 11.5 Å². The molecule has 0 saturated carbocycles. The second-order valence-electron chi connectivity index (χ2n) is 4.52. The average Bonchev–Trinajstić information content (AvgIpc) is 2.42. The number of benzene rings is 1. The van der Waals surface area contributed by atoms with Crippen molar-refractivity contribution >= 4 is 0 Å². The van der Waals surface area contributed by atoms with Crippen LogP contribution in [0.2, 0.25) is 0 Å².